The maximum Gasteiger partial charge on any atom is 0.232 e. The van der Waals surface area contributed by atoms with Crippen molar-refractivity contribution in [1.82, 2.24) is 15.0 Å². The SMILES string of the molecule is O=C(CSc1ccccc1)N1CCC(c2nc(-c3ccc(Cl)cc3)no2)CC1. The van der Waals surface area contributed by atoms with E-state index in [4.69, 9.17) is 16.1 Å². The van der Waals surface area contributed by atoms with Gasteiger partial charge in [-0.05, 0) is 49.2 Å². The van der Waals surface area contributed by atoms with Gasteiger partial charge in [-0.2, -0.15) is 4.98 Å². The molecule has 1 fully saturated rings. The fourth-order valence-electron chi connectivity index (χ4n) is 3.25. The highest BCUT2D eigenvalue weighted by atomic mass is 35.5. The summed E-state index contributed by atoms with van der Waals surface area (Å²) in [6.45, 7) is 1.44. The van der Waals surface area contributed by atoms with E-state index in [2.05, 4.69) is 10.1 Å². The molecule has 2 heterocycles. The van der Waals surface area contributed by atoms with Gasteiger partial charge in [-0.3, -0.25) is 4.79 Å². The first-order chi connectivity index (χ1) is 13.7. The fraction of sp³-hybridized carbons (Fsp3) is 0.286. The van der Waals surface area contributed by atoms with E-state index in [-0.39, 0.29) is 11.8 Å². The summed E-state index contributed by atoms with van der Waals surface area (Å²) < 4.78 is 5.49. The number of benzene rings is 2. The van der Waals surface area contributed by atoms with Crippen molar-refractivity contribution in [2.45, 2.75) is 23.7 Å². The number of amides is 1. The second-order valence-corrected chi connectivity index (χ2v) is 8.21. The smallest absolute Gasteiger partial charge is 0.232 e. The van der Waals surface area contributed by atoms with Crippen LogP contribution in [0.15, 0.2) is 64.0 Å². The van der Waals surface area contributed by atoms with Gasteiger partial charge < -0.3 is 9.42 Å². The molecule has 3 aromatic rings. The fourth-order valence-corrected chi connectivity index (χ4v) is 4.19. The molecule has 1 saturated heterocycles. The molecular formula is C21H20ClN3O2S. The highest BCUT2D eigenvalue weighted by Gasteiger charge is 2.27. The summed E-state index contributed by atoms with van der Waals surface area (Å²) in [7, 11) is 0. The number of halogens is 1. The molecule has 0 spiro atoms. The minimum absolute atomic E-state index is 0.180. The zero-order valence-corrected chi connectivity index (χ0v) is 16.8. The van der Waals surface area contributed by atoms with Crippen LogP contribution in [-0.2, 0) is 4.79 Å². The predicted molar refractivity (Wildman–Crippen MR) is 110 cm³/mol. The molecule has 1 amide bonds. The molecule has 28 heavy (non-hydrogen) atoms. The standard InChI is InChI=1S/C21H20ClN3O2S/c22-17-8-6-15(7-9-17)20-23-21(27-24-20)16-10-12-25(13-11-16)19(26)14-28-18-4-2-1-3-5-18/h1-9,16H,10-14H2. The second-order valence-electron chi connectivity index (χ2n) is 6.72. The van der Waals surface area contributed by atoms with Crippen LogP contribution in [0.3, 0.4) is 0 Å². The Morgan fingerprint density at radius 2 is 1.82 bits per heavy atom. The molecule has 144 valence electrons. The molecule has 0 saturated carbocycles. The molecule has 0 aliphatic carbocycles. The summed E-state index contributed by atoms with van der Waals surface area (Å²) in [5, 5.41) is 4.77. The van der Waals surface area contributed by atoms with Crippen LogP contribution < -0.4 is 0 Å². The first kappa shape index (κ1) is 19.0. The Bertz CT molecular complexity index is 922. The number of carbonyl (C=O) groups excluding carboxylic acids is 1. The van der Waals surface area contributed by atoms with Crippen molar-refractivity contribution >= 4 is 29.3 Å². The van der Waals surface area contributed by atoms with Crippen molar-refractivity contribution in [1.29, 1.82) is 0 Å². The second kappa shape index (κ2) is 8.80. The molecule has 1 aliphatic heterocycles. The van der Waals surface area contributed by atoms with Gasteiger partial charge in [0.25, 0.3) is 0 Å². The molecule has 1 aliphatic rings. The summed E-state index contributed by atoms with van der Waals surface area (Å²) in [5.74, 6) is 2.06. The Morgan fingerprint density at radius 3 is 2.54 bits per heavy atom. The van der Waals surface area contributed by atoms with Gasteiger partial charge in [0.1, 0.15) is 0 Å². The van der Waals surface area contributed by atoms with Crippen molar-refractivity contribution in [2.75, 3.05) is 18.8 Å². The van der Waals surface area contributed by atoms with E-state index in [0.717, 1.165) is 36.4 Å². The van der Waals surface area contributed by atoms with Crippen molar-refractivity contribution < 1.29 is 9.32 Å². The Labute approximate surface area is 173 Å². The monoisotopic (exact) mass is 413 g/mol. The average Bonchev–Trinajstić information content (AvgIpc) is 3.24. The van der Waals surface area contributed by atoms with Crippen LogP contribution in [0.5, 0.6) is 0 Å². The Morgan fingerprint density at radius 1 is 1.11 bits per heavy atom. The Balaban J connectivity index is 1.30. The molecule has 2 aromatic carbocycles. The van der Waals surface area contributed by atoms with E-state index >= 15 is 0 Å². The number of thioether (sulfide) groups is 1. The van der Waals surface area contributed by atoms with Crippen molar-refractivity contribution in [3.63, 3.8) is 0 Å². The minimum Gasteiger partial charge on any atom is -0.342 e. The number of likely N-dealkylation sites (tertiary alicyclic amines) is 1. The molecule has 5 nitrogen and oxygen atoms in total. The normalized spacial score (nSPS) is 15.0. The summed E-state index contributed by atoms with van der Waals surface area (Å²) in [5.41, 5.74) is 0.880. The lowest BCUT2D eigenvalue weighted by Gasteiger charge is -2.30. The lowest BCUT2D eigenvalue weighted by molar-refractivity contribution is -0.129. The number of aromatic nitrogens is 2. The molecule has 7 heteroatoms. The van der Waals surface area contributed by atoms with Crippen LogP contribution >= 0.6 is 23.4 Å². The van der Waals surface area contributed by atoms with Crippen LogP contribution in [0.4, 0.5) is 0 Å². The summed E-state index contributed by atoms with van der Waals surface area (Å²) >= 11 is 7.50. The summed E-state index contributed by atoms with van der Waals surface area (Å²) in [4.78, 5) is 20.1. The van der Waals surface area contributed by atoms with E-state index in [9.17, 15) is 4.79 Å². The van der Waals surface area contributed by atoms with Crippen molar-refractivity contribution in [2.24, 2.45) is 0 Å². The van der Waals surface area contributed by atoms with E-state index in [0.29, 0.717) is 22.5 Å². The molecule has 0 atom stereocenters. The maximum atomic E-state index is 12.5. The summed E-state index contributed by atoms with van der Waals surface area (Å²) in [6.07, 6.45) is 1.67. The topological polar surface area (TPSA) is 59.2 Å². The minimum atomic E-state index is 0.180. The van der Waals surface area contributed by atoms with E-state index in [1.165, 1.54) is 0 Å². The van der Waals surface area contributed by atoms with Crippen LogP contribution in [0.1, 0.15) is 24.7 Å². The molecule has 0 radical (unpaired) electrons. The first-order valence-corrected chi connectivity index (χ1v) is 10.6. The largest absolute Gasteiger partial charge is 0.342 e. The van der Waals surface area contributed by atoms with Crippen molar-refractivity contribution in [3.8, 4) is 11.4 Å². The van der Waals surface area contributed by atoms with Gasteiger partial charge in [0.2, 0.25) is 17.6 Å². The van der Waals surface area contributed by atoms with E-state index in [1.54, 1.807) is 11.8 Å². The predicted octanol–water partition coefficient (Wildman–Crippen LogP) is 4.89. The molecule has 0 N–H and O–H groups in total. The van der Waals surface area contributed by atoms with Crippen molar-refractivity contribution in [3.05, 3.63) is 65.5 Å². The van der Waals surface area contributed by atoms with Gasteiger partial charge in [-0.1, -0.05) is 35.0 Å². The molecule has 0 unspecified atom stereocenters. The van der Waals surface area contributed by atoms with Gasteiger partial charge in [-0.15, -0.1) is 11.8 Å². The van der Waals surface area contributed by atoms with Gasteiger partial charge in [0.15, 0.2) is 0 Å². The highest BCUT2D eigenvalue weighted by molar-refractivity contribution is 8.00. The number of hydrogen-bond acceptors (Lipinski definition) is 5. The third kappa shape index (κ3) is 4.56. The van der Waals surface area contributed by atoms with E-state index in [1.807, 2.05) is 59.5 Å². The molecule has 0 bridgehead atoms. The third-order valence-electron chi connectivity index (χ3n) is 4.85. The molecular weight excluding hydrogens is 394 g/mol. The van der Waals surface area contributed by atoms with E-state index < -0.39 is 0 Å². The van der Waals surface area contributed by atoms with Crippen LogP contribution in [0, 0.1) is 0 Å². The van der Waals surface area contributed by atoms with Gasteiger partial charge >= 0.3 is 0 Å². The lowest BCUT2D eigenvalue weighted by atomic mass is 9.97. The lowest BCUT2D eigenvalue weighted by Crippen LogP contribution is -2.39. The number of nitrogens with zero attached hydrogens (tertiary/aromatic N) is 3. The van der Waals surface area contributed by atoms with Crippen LogP contribution in [0.25, 0.3) is 11.4 Å². The Hall–Kier alpha value is -2.31. The number of carbonyl (C=O) groups is 1. The van der Waals surface area contributed by atoms with Gasteiger partial charge in [0.05, 0.1) is 5.75 Å². The maximum absolute atomic E-state index is 12.5. The van der Waals surface area contributed by atoms with Gasteiger partial charge in [0, 0.05) is 34.5 Å². The van der Waals surface area contributed by atoms with Gasteiger partial charge in [-0.25, -0.2) is 0 Å². The summed E-state index contributed by atoms with van der Waals surface area (Å²) in [6, 6.07) is 17.4. The first-order valence-electron chi connectivity index (χ1n) is 9.24. The zero-order chi connectivity index (χ0) is 19.3. The zero-order valence-electron chi connectivity index (χ0n) is 15.3. The quantitative estimate of drug-likeness (QED) is 0.557. The molecule has 4 rings (SSSR count). The third-order valence-corrected chi connectivity index (χ3v) is 6.10. The number of rotatable bonds is 5. The average molecular weight is 414 g/mol. The van der Waals surface area contributed by atoms with Crippen LogP contribution in [0.2, 0.25) is 5.02 Å². The molecule has 1 aromatic heterocycles. The number of piperidine rings is 1. The Kier molecular flexibility index (Phi) is 5.98. The number of hydrogen-bond donors (Lipinski definition) is 0. The highest BCUT2D eigenvalue weighted by Crippen LogP contribution is 2.29. The van der Waals surface area contributed by atoms with Crippen LogP contribution in [-0.4, -0.2) is 39.8 Å².